The molecule has 0 aliphatic heterocycles. The van der Waals surface area contributed by atoms with Crippen LogP contribution in [0.1, 0.15) is 21.3 Å². The van der Waals surface area contributed by atoms with Crippen LogP contribution in [0.5, 0.6) is 0 Å². The number of amides is 1. The van der Waals surface area contributed by atoms with E-state index in [9.17, 15) is 19.5 Å². The lowest BCUT2D eigenvalue weighted by Crippen LogP contribution is -2.33. The largest absolute Gasteiger partial charge is 0.479 e. The Hall–Kier alpha value is -3.42. The molecule has 4 aromatic rings. The lowest BCUT2D eigenvalue weighted by Gasteiger charge is -2.13. The smallest absolute Gasteiger partial charge is 0.331 e. The molecule has 0 bridgehead atoms. The first-order valence-electron chi connectivity index (χ1n) is 8.94. The Kier molecular flexibility index (Phi) is 5.39. The summed E-state index contributed by atoms with van der Waals surface area (Å²) in [6.45, 7) is 0. The van der Waals surface area contributed by atoms with Gasteiger partial charge in [-0.05, 0) is 53.9 Å². The number of aromatic nitrogens is 1. The number of hydrogen-bond acceptors (Lipinski definition) is 4. The van der Waals surface area contributed by atoms with Crippen LogP contribution in [0.4, 0.5) is 0 Å². The lowest BCUT2D eigenvalue weighted by molar-refractivity contribution is -0.139. The molecule has 1 atom stereocenters. The molecule has 0 aliphatic carbocycles. The van der Waals surface area contributed by atoms with E-state index in [1.54, 1.807) is 54.7 Å². The zero-order valence-electron chi connectivity index (χ0n) is 15.4. The van der Waals surface area contributed by atoms with E-state index in [2.05, 4.69) is 5.32 Å². The Labute approximate surface area is 180 Å². The molecule has 30 heavy (non-hydrogen) atoms. The van der Waals surface area contributed by atoms with E-state index in [1.807, 2.05) is 18.2 Å². The van der Waals surface area contributed by atoms with Crippen LogP contribution in [0.2, 0.25) is 4.34 Å². The van der Waals surface area contributed by atoms with Crippen molar-refractivity contribution in [2.45, 2.75) is 6.04 Å². The van der Waals surface area contributed by atoms with Gasteiger partial charge in [0.2, 0.25) is 0 Å². The van der Waals surface area contributed by atoms with Crippen molar-refractivity contribution in [3.63, 3.8) is 0 Å². The summed E-state index contributed by atoms with van der Waals surface area (Å²) in [6, 6.07) is 17.5. The quantitative estimate of drug-likeness (QED) is 0.487. The maximum absolute atomic E-state index is 12.7. The van der Waals surface area contributed by atoms with E-state index in [0.29, 0.717) is 20.3 Å². The SMILES string of the molecule is O=C(NC(C(=O)O)c1ccc(Cl)s1)c1ccc(-n2ccc3ccccc3c2=O)cc1. The minimum Gasteiger partial charge on any atom is -0.479 e. The molecular formula is C22H15ClN2O4S. The van der Waals surface area contributed by atoms with Crippen LogP contribution in [0, 0.1) is 0 Å². The van der Waals surface area contributed by atoms with Gasteiger partial charge in [-0.2, -0.15) is 0 Å². The summed E-state index contributed by atoms with van der Waals surface area (Å²) in [7, 11) is 0. The van der Waals surface area contributed by atoms with Gasteiger partial charge in [-0.15, -0.1) is 11.3 Å². The molecule has 1 amide bonds. The number of carboxylic acids is 1. The van der Waals surface area contributed by atoms with Gasteiger partial charge in [0.1, 0.15) is 0 Å². The van der Waals surface area contributed by atoms with Crippen molar-refractivity contribution in [2.24, 2.45) is 0 Å². The highest BCUT2D eigenvalue weighted by atomic mass is 35.5. The number of thiophene rings is 1. The van der Waals surface area contributed by atoms with Crippen LogP contribution in [0.25, 0.3) is 16.5 Å². The Bertz CT molecular complexity index is 1310. The number of rotatable bonds is 5. The second-order valence-electron chi connectivity index (χ2n) is 6.51. The second-order valence-corrected chi connectivity index (χ2v) is 8.26. The fraction of sp³-hybridized carbons (Fsp3) is 0.0455. The zero-order valence-corrected chi connectivity index (χ0v) is 17.0. The molecule has 150 valence electrons. The summed E-state index contributed by atoms with van der Waals surface area (Å²) >= 11 is 6.97. The maximum Gasteiger partial charge on any atom is 0.331 e. The fourth-order valence-electron chi connectivity index (χ4n) is 3.12. The Morgan fingerprint density at radius 1 is 1.00 bits per heavy atom. The Balaban J connectivity index is 1.59. The van der Waals surface area contributed by atoms with Crippen LogP contribution >= 0.6 is 22.9 Å². The molecule has 0 aliphatic rings. The van der Waals surface area contributed by atoms with E-state index in [0.717, 1.165) is 16.7 Å². The normalized spacial score (nSPS) is 11.9. The van der Waals surface area contributed by atoms with Crippen LogP contribution in [0.15, 0.2) is 77.7 Å². The number of carbonyl (C=O) groups is 2. The molecule has 0 fully saturated rings. The van der Waals surface area contributed by atoms with Gasteiger partial charge in [0.05, 0.1) is 4.34 Å². The maximum atomic E-state index is 12.7. The number of nitrogens with one attached hydrogen (secondary N) is 1. The van der Waals surface area contributed by atoms with Crippen molar-refractivity contribution in [3.05, 3.63) is 98.1 Å². The molecule has 6 nitrogen and oxygen atoms in total. The molecule has 2 aromatic carbocycles. The molecule has 1 unspecified atom stereocenters. The number of carbonyl (C=O) groups excluding carboxylic acids is 1. The number of hydrogen-bond donors (Lipinski definition) is 2. The predicted octanol–water partition coefficient (Wildman–Crippen LogP) is 4.26. The van der Waals surface area contributed by atoms with Gasteiger partial charge >= 0.3 is 5.97 Å². The fourth-order valence-corrected chi connectivity index (χ4v) is 4.22. The van der Waals surface area contributed by atoms with Crippen molar-refractivity contribution < 1.29 is 14.7 Å². The van der Waals surface area contributed by atoms with Gasteiger partial charge in [-0.1, -0.05) is 29.8 Å². The van der Waals surface area contributed by atoms with Crippen LogP contribution in [-0.2, 0) is 4.79 Å². The van der Waals surface area contributed by atoms with Gasteiger partial charge < -0.3 is 10.4 Å². The molecule has 8 heteroatoms. The molecule has 2 aromatic heterocycles. The summed E-state index contributed by atoms with van der Waals surface area (Å²) in [5.74, 6) is -1.72. The second kappa shape index (κ2) is 8.14. The summed E-state index contributed by atoms with van der Waals surface area (Å²) in [5, 5.41) is 13.4. The third-order valence-corrected chi connectivity index (χ3v) is 5.92. The first-order valence-corrected chi connectivity index (χ1v) is 10.1. The first-order chi connectivity index (χ1) is 14.4. The number of benzene rings is 2. The van der Waals surface area contributed by atoms with Crippen molar-refractivity contribution >= 4 is 45.6 Å². The number of halogens is 1. The molecule has 0 saturated carbocycles. The minimum atomic E-state index is -1.20. The summed E-state index contributed by atoms with van der Waals surface area (Å²) in [4.78, 5) is 37.3. The molecule has 0 saturated heterocycles. The third-order valence-electron chi connectivity index (χ3n) is 4.62. The van der Waals surface area contributed by atoms with Crippen molar-refractivity contribution in [3.8, 4) is 5.69 Å². The summed E-state index contributed by atoms with van der Waals surface area (Å²) < 4.78 is 1.94. The molecule has 0 radical (unpaired) electrons. The van der Waals surface area contributed by atoms with E-state index in [1.165, 1.54) is 4.57 Å². The van der Waals surface area contributed by atoms with Crippen LogP contribution in [0.3, 0.4) is 0 Å². The van der Waals surface area contributed by atoms with Crippen LogP contribution in [-0.4, -0.2) is 21.6 Å². The van der Waals surface area contributed by atoms with E-state index >= 15 is 0 Å². The van der Waals surface area contributed by atoms with Gasteiger partial charge in [-0.25, -0.2) is 4.79 Å². The highest BCUT2D eigenvalue weighted by Gasteiger charge is 2.24. The molecule has 2 heterocycles. The monoisotopic (exact) mass is 438 g/mol. The van der Waals surface area contributed by atoms with E-state index < -0.39 is 17.9 Å². The van der Waals surface area contributed by atoms with Gasteiger partial charge in [0, 0.05) is 27.7 Å². The lowest BCUT2D eigenvalue weighted by atomic mass is 10.1. The topological polar surface area (TPSA) is 88.4 Å². The third kappa shape index (κ3) is 3.85. The number of fused-ring (bicyclic) bond motifs is 1. The van der Waals surface area contributed by atoms with E-state index in [4.69, 9.17) is 11.6 Å². The van der Waals surface area contributed by atoms with Gasteiger partial charge in [-0.3, -0.25) is 14.2 Å². The zero-order chi connectivity index (χ0) is 21.3. The Morgan fingerprint density at radius 2 is 1.73 bits per heavy atom. The highest BCUT2D eigenvalue weighted by Crippen LogP contribution is 2.27. The summed E-state index contributed by atoms with van der Waals surface area (Å²) in [6.07, 6.45) is 1.68. The Morgan fingerprint density at radius 3 is 2.40 bits per heavy atom. The van der Waals surface area contributed by atoms with Gasteiger partial charge in [0.15, 0.2) is 6.04 Å². The number of nitrogens with zero attached hydrogens (tertiary/aromatic N) is 1. The average molecular weight is 439 g/mol. The number of aliphatic carboxylic acids is 1. The number of pyridine rings is 1. The average Bonchev–Trinajstić information content (AvgIpc) is 3.18. The molecule has 4 rings (SSSR count). The van der Waals surface area contributed by atoms with Crippen molar-refractivity contribution in [1.82, 2.24) is 9.88 Å². The molecule has 0 spiro atoms. The van der Waals surface area contributed by atoms with Crippen molar-refractivity contribution in [2.75, 3.05) is 0 Å². The highest BCUT2D eigenvalue weighted by molar-refractivity contribution is 7.16. The summed E-state index contributed by atoms with van der Waals surface area (Å²) in [5.41, 5.74) is 0.717. The molecular weight excluding hydrogens is 424 g/mol. The molecule has 2 N–H and O–H groups in total. The minimum absolute atomic E-state index is 0.161. The van der Waals surface area contributed by atoms with E-state index in [-0.39, 0.29) is 11.1 Å². The predicted molar refractivity (Wildman–Crippen MR) is 117 cm³/mol. The number of carboxylic acid groups (broad SMARTS) is 1. The van der Waals surface area contributed by atoms with Gasteiger partial charge in [0.25, 0.3) is 11.5 Å². The first kappa shape index (κ1) is 19.9. The van der Waals surface area contributed by atoms with Crippen molar-refractivity contribution in [1.29, 1.82) is 0 Å². The van der Waals surface area contributed by atoms with Crippen LogP contribution < -0.4 is 10.9 Å². The standard InChI is InChI=1S/C22H15ClN2O4S/c23-18-10-9-17(30-18)19(22(28)29)24-20(26)14-5-7-15(8-6-14)25-12-11-13-3-1-2-4-16(13)21(25)27/h1-12,19H,(H,24,26)(H,28,29).